The standard InChI is InChI=1S/C13H25NS/c1-10(2)9-15-8-7-14-13(11-3-4-11)12-5-6-12/h10-14H,3-9H2,1-2H3. The van der Waals surface area contributed by atoms with Crippen molar-refractivity contribution in [1.29, 1.82) is 0 Å². The molecule has 2 aliphatic rings. The van der Waals surface area contributed by atoms with E-state index in [0.717, 1.165) is 23.8 Å². The van der Waals surface area contributed by atoms with Gasteiger partial charge in [-0.3, -0.25) is 0 Å². The Morgan fingerprint density at radius 2 is 1.73 bits per heavy atom. The van der Waals surface area contributed by atoms with Gasteiger partial charge in [-0.1, -0.05) is 13.8 Å². The maximum atomic E-state index is 3.80. The van der Waals surface area contributed by atoms with Crippen molar-refractivity contribution >= 4 is 11.8 Å². The van der Waals surface area contributed by atoms with E-state index in [1.165, 1.54) is 43.7 Å². The molecule has 2 heteroatoms. The summed E-state index contributed by atoms with van der Waals surface area (Å²) in [6.07, 6.45) is 5.97. The van der Waals surface area contributed by atoms with Crippen molar-refractivity contribution in [3.63, 3.8) is 0 Å². The Bertz CT molecular complexity index is 173. The summed E-state index contributed by atoms with van der Waals surface area (Å²) in [6, 6.07) is 0.893. The average Bonchev–Trinajstić information content (AvgIpc) is 3.00. The quantitative estimate of drug-likeness (QED) is 0.639. The third-order valence-corrected chi connectivity index (χ3v) is 4.73. The van der Waals surface area contributed by atoms with Gasteiger partial charge in [0.25, 0.3) is 0 Å². The van der Waals surface area contributed by atoms with E-state index in [1.807, 2.05) is 0 Å². The van der Waals surface area contributed by atoms with Gasteiger partial charge in [-0.15, -0.1) is 0 Å². The van der Waals surface area contributed by atoms with Gasteiger partial charge in [0, 0.05) is 18.3 Å². The summed E-state index contributed by atoms with van der Waals surface area (Å²) in [4.78, 5) is 0. The molecule has 0 aromatic rings. The summed E-state index contributed by atoms with van der Waals surface area (Å²) in [5, 5.41) is 3.80. The summed E-state index contributed by atoms with van der Waals surface area (Å²) in [6.45, 7) is 5.84. The molecule has 2 aliphatic carbocycles. The molecule has 2 saturated carbocycles. The lowest BCUT2D eigenvalue weighted by molar-refractivity contribution is 0.429. The van der Waals surface area contributed by atoms with Gasteiger partial charge < -0.3 is 5.32 Å². The molecule has 0 aromatic heterocycles. The Kier molecular flexibility index (Phi) is 4.39. The highest BCUT2D eigenvalue weighted by molar-refractivity contribution is 7.99. The third-order valence-electron chi connectivity index (χ3n) is 3.34. The monoisotopic (exact) mass is 227 g/mol. The molecule has 0 bridgehead atoms. The molecule has 0 atom stereocenters. The fourth-order valence-corrected chi connectivity index (χ4v) is 3.15. The van der Waals surface area contributed by atoms with Crippen molar-refractivity contribution in [2.45, 2.75) is 45.6 Å². The largest absolute Gasteiger partial charge is 0.313 e. The van der Waals surface area contributed by atoms with Crippen molar-refractivity contribution in [1.82, 2.24) is 5.32 Å². The molecule has 1 nitrogen and oxygen atoms in total. The lowest BCUT2D eigenvalue weighted by Gasteiger charge is -2.17. The van der Waals surface area contributed by atoms with Crippen LogP contribution in [-0.4, -0.2) is 24.1 Å². The van der Waals surface area contributed by atoms with Gasteiger partial charge >= 0.3 is 0 Å². The van der Waals surface area contributed by atoms with E-state index in [2.05, 4.69) is 30.9 Å². The smallest absolute Gasteiger partial charge is 0.0124 e. The van der Waals surface area contributed by atoms with Crippen molar-refractivity contribution in [2.75, 3.05) is 18.1 Å². The highest BCUT2D eigenvalue weighted by Crippen LogP contribution is 2.44. The predicted octanol–water partition coefficient (Wildman–Crippen LogP) is 3.15. The highest BCUT2D eigenvalue weighted by Gasteiger charge is 2.40. The molecule has 0 aromatic carbocycles. The molecule has 0 heterocycles. The van der Waals surface area contributed by atoms with Crippen LogP contribution in [0.5, 0.6) is 0 Å². The normalized spacial score (nSPS) is 21.6. The second kappa shape index (κ2) is 5.58. The van der Waals surface area contributed by atoms with Crippen molar-refractivity contribution in [3.8, 4) is 0 Å². The Morgan fingerprint density at radius 3 is 2.20 bits per heavy atom. The first kappa shape index (κ1) is 11.8. The lowest BCUT2D eigenvalue weighted by Crippen LogP contribution is -2.34. The first-order valence-corrected chi connectivity index (χ1v) is 7.74. The maximum absolute atomic E-state index is 3.80. The van der Waals surface area contributed by atoms with E-state index in [0.29, 0.717) is 0 Å². The molecule has 15 heavy (non-hydrogen) atoms. The van der Waals surface area contributed by atoms with E-state index < -0.39 is 0 Å². The maximum Gasteiger partial charge on any atom is 0.0124 e. The van der Waals surface area contributed by atoms with Gasteiger partial charge in [-0.2, -0.15) is 11.8 Å². The molecule has 0 spiro atoms. The van der Waals surface area contributed by atoms with E-state index in [4.69, 9.17) is 0 Å². The minimum Gasteiger partial charge on any atom is -0.313 e. The fraction of sp³-hybridized carbons (Fsp3) is 1.00. The van der Waals surface area contributed by atoms with Gasteiger partial charge in [0.1, 0.15) is 0 Å². The number of hydrogen-bond donors (Lipinski definition) is 1. The number of nitrogens with one attached hydrogen (secondary N) is 1. The van der Waals surface area contributed by atoms with Crippen LogP contribution in [0.3, 0.4) is 0 Å². The molecular formula is C13H25NS. The lowest BCUT2D eigenvalue weighted by atomic mass is 10.1. The topological polar surface area (TPSA) is 12.0 Å². The second-order valence-electron chi connectivity index (χ2n) is 5.62. The molecule has 0 radical (unpaired) electrons. The summed E-state index contributed by atoms with van der Waals surface area (Å²) in [5.74, 6) is 5.56. The van der Waals surface area contributed by atoms with E-state index in [-0.39, 0.29) is 0 Å². The molecule has 1 N–H and O–H groups in total. The van der Waals surface area contributed by atoms with Gasteiger partial charge in [0.2, 0.25) is 0 Å². The Morgan fingerprint density at radius 1 is 1.13 bits per heavy atom. The number of rotatable bonds is 8. The van der Waals surface area contributed by atoms with Crippen molar-refractivity contribution in [2.24, 2.45) is 17.8 Å². The van der Waals surface area contributed by atoms with Crippen LogP contribution in [0, 0.1) is 17.8 Å². The highest BCUT2D eigenvalue weighted by atomic mass is 32.2. The summed E-state index contributed by atoms with van der Waals surface area (Å²) < 4.78 is 0. The summed E-state index contributed by atoms with van der Waals surface area (Å²) in [7, 11) is 0. The van der Waals surface area contributed by atoms with Crippen LogP contribution in [0.25, 0.3) is 0 Å². The Labute approximate surface area is 98.8 Å². The average molecular weight is 227 g/mol. The van der Waals surface area contributed by atoms with Gasteiger partial charge in [0.05, 0.1) is 0 Å². The van der Waals surface area contributed by atoms with Gasteiger partial charge in [0.15, 0.2) is 0 Å². The second-order valence-corrected chi connectivity index (χ2v) is 6.77. The first-order valence-electron chi connectivity index (χ1n) is 6.58. The van der Waals surface area contributed by atoms with Crippen LogP contribution in [0.2, 0.25) is 0 Å². The molecule has 0 unspecified atom stereocenters. The summed E-state index contributed by atoms with van der Waals surface area (Å²) in [5.41, 5.74) is 0. The molecule has 88 valence electrons. The van der Waals surface area contributed by atoms with Gasteiger partial charge in [-0.25, -0.2) is 0 Å². The molecule has 0 aliphatic heterocycles. The van der Waals surface area contributed by atoms with Crippen LogP contribution >= 0.6 is 11.8 Å². The molecule has 0 saturated heterocycles. The molecule has 2 rings (SSSR count). The number of thioether (sulfide) groups is 1. The van der Waals surface area contributed by atoms with Crippen LogP contribution < -0.4 is 5.32 Å². The molecular weight excluding hydrogens is 202 g/mol. The van der Waals surface area contributed by atoms with Crippen LogP contribution in [-0.2, 0) is 0 Å². The molecule has 0 amide bonds. The van der Waals surface area contributed by atoms with Crippen molar-refractivity contribution < 1.29 is 0 Å². The zero-order valence-electron chi connectivity index (χ0n) is 10.2. The fourth-order valence-electron chi connectivity index (χ4n) is 2.25. The minimum absolute atomic E-state index is 0.845. The van der Waals surface area contributed by atoms with Crippen LogP contribution in [0.4, 0.5) is 0 Å². The molecule has 2 fully saturated rings. The van der Waals surface area contributed by atoms with Crippen LogP contribution in [0.1, 0.15) is 39.5 Å². The zero-order valence-corrected chi connectivity index (χ0v) is 11.0. The third kappa shape index (κ3) is 4.36. The van der Waals surface area contributed by atoms with E-state index in [9.17, 15) is 0 Å². The summed E-state index contributed by atoms with van der Waals surface area (Å²) >= 11 is 2.11. The predicted molar refractivity (Wildman–Crippen MR) is 69.4 cm³/mol. The minimum atomic E-state index is 0.845. The van der Waals surface area contributed by atoms with Crippen LogP contribution in [0.15, 0.2) is 0 Å². The van der Waals surface area contributed by atoms with E-state index >= 15 is 0 Å². The Balaban J connectivity index is 1.51. The first-order chi connectivity index (χ1) is 7.27. The van der Waals surface area contributed by atoms with Gasteiger partial charge in [-0.05, 0) is 49.2 Å². The zero-order chi connectivity index (χ0) is 10.7. The number of hydrogen-bond acceptors (Lipinski definition) is 2. The SMILES string of the molecule is CC(C)CSCCNC(C1CC1)C1CC1. The van der Waals surface area contributed by atoms with E-state index in [1.54, 1.807) is 0 Å². The Hall–Kier alpha value is 0.310. The van der Waals surface area contributed by atoms with Crippen molar-refractivity contribution in [3.05, 3.63) is 0 Å².